The zero-order chi connectivity index (χ0) is 9.10. The maximum Gasteiger partial charge on any atom is 0.137 e. The van der Waals surface area contributed by atoms with E-state index in [9.17, 15) is 0 Å². The molecule has 2 heterocycles. The van der Waals surface area contributed by atoms with Crippen molar-refractivity contribution in [3.05, 3.63) is 17.5 Å². The summed E-state index contributed by atoms with van der Waals surface area (Å²) in [5, 5.41) is 7.34. The van der Waals surface area contributed by atoms with Crippen molar-refractivity contribution in [2.45, 2.75) is 38.6 Å². The van der Waals surface area contributed by atoms with Crippen LogP contribution in [0.2, 0.25) is 0 Å². The Bertz CT molecular complexity index is 264. The Morgan fingerprint density at radius 3 is 3.23 bits per heavy atom. The molecule has 1 aliphatic heterocycles. The second-order valence-electron chi connectivity index (χ2n) is 3.77. The molecule has 1 unspecified atom stereocenters. The standard InChI is InChI=1S/C10H16N2O/c1-8-7-10(13-12-8)5-4-9-3-2-6-11-9/h7,9,11H,2-6H2,1H3. The van der Waals surface area contributed by atoms with E-state index in [1.54, 1.807) is 0 Å². The van der Waals surface area contributed by atoms with Crippen molar-refractivity contribution < 1.29 is 4.52 Å². The molecule has 0 aliphatic carbocycles. The first-order valence-corrected chi connectivity index (χ1v) is 5.00. The molecular weight excluding hydrogens is 164 g/mol. The molecule has 1 aromatic rings. The first-order chi connectivity index (χ1) is 6.34. The van der Waals surface area contributed by atoms with Gasteiger partial charge in [0, 0.05) is 18.5 Å². The Morgan fingerprint density at radius 1 is 1.69 bits per heavy atom. The highest BCUT2D eigenvalue weighted by Gasteiger charge is 2.14. The fourth-order valence-corrected chi connectivity index (χ4v) is 1.85. The third-order valence-electron chi connectivity index (χ3n) is 2.58. The molecule has 1 aliphatic rings. The molecule has 0 spiro atoms. The molecule has 0 aromatic carbocycles. The first kappa shape index (κ1) is 8.75. The molecule has 0 saturated carbocycles. The summed E-state index contributed by atoms with van der Waals surface area (Å²) in [6, 6.07) is 2.72. The molecule has 1 N–H and O–H groups in total. The van der Waals surface area contributed by atoms with Crippen LogP contribution in [0.1, 0.15) is 30.7 Å². The Kier molecular flexibility index (Phi) is 2.64. The van der Waals surface area contributed by atoms with Crippen LogP contribution in [0, 0.1) is 6.92 Å². The van der Waals surface area contributed by atoms with Crippen LogP contribution < -0.4 is 5.32 Å². The Hall–Kier alpha value is -0.830. The number of aromatic nitrogens is 1. The highest BCUT2D eigenvalue weighted by Crippen LogP contribution is 2.13. The van der Waals surface area contributed by atoms with Crippen molar-refractivity contribution in [3.8, 4) is 0 Å². The minimum atomic E-state index is 0.699. The molecule has 0 bridgehead atoms. The predicted octanol–water partition coefficient (Wildman–Crippen LogP) is 1.67. The van der Waals surface area contributed by atoms with Gasteiger partial charge in [-0.25, -0.2) is 0 Å². The van der Waals surface area contributed by atoms with Gasteiger partial charge in [-0.15, -0.1) is 0 Å². The van der Waals surface area contributed by atoms with Crippen molar-refractivity contribution in [2.24, 2.45) is 0 Å². The molecule has 1 saturated heterocycles. The van der Waals surface area contributed by atoms with Gasteiger partial charge in [-0.1, -0.05) is 5.16 Å². The minimum Gasteiger partial charge on any atom is -0.361 e. The second-order valence-corrected chi connectivity index (χ2v) is 3.77. The lowest BCUT2D eigenvalue weighted by atomic mass is 10.1. The minimum absolute atomic E-state index is 0.699. The molecule has 1 aromatic heterocycles. The fraction of sp³-hybridized carbons (Fsp3) is 0.700. The van der Waals surface area contributed by atoms with E-state index in [0.717, 1.165) is 17.9 Å². The van der Waals surface area contributed by atoms with Gasteiger partial charge in [-0.05, 0) is 32.7 Å². The molecule has 72 valence electrons. The molecular formula is C10H16N2O. The van der Waals surface area contributed by atoms with Gasteiger partial charge in [0.1, 0.15) is 5.76 Å². The summed E-state index contributed by atoms with van der Waals surface area (Å²) in [4.78, 5) is 0. The number of hydrogen-bond acceptors (Lipinski definition) is 3. The van der Waals surface area contributed by atoms with E-state index in [4.69, 9.17) is 4.52 Å². The van der Waals surface area contributed by atoms with E-state index in [-0.39, 0.29) is 0 Å². The molecule has 1 atom stereocenters. The monoisotopic (exact) mass is 180 g/mol. The van der Waals surface area contributed by atoms with Crippen LogP contribution >= 0.6 is 0 Å². The van der Waals surface area contributed by atoms with Crippen molar-refractivity contribution in [3.63, 3.8) is 0 Å². The molecule has 1 fully saturated rings. The Morgan fingerprint density at radius 2 is 2.62 bits per heavy atom. The van der Waals surface area contributed by atoms with Crippen LogP contribution in [-0.2, 0) is 6.42 Å². The number of nitrogens with zero attached hydrogens (tertiary/aromatic N) is 1. The highest BCUT2D eigenvalue weighted by atomic mass is 16.5. The molecule has 3 heteroatoms. The molecule has 0 amide bonds. The van der Waals surface area contributed by atoms with Gasteiger partial charge >= 0.3 is 0 Å². The number of rotatable bonds is 3. The van der Waals surface area contributed by atoms with Crippen LogP contribution in [0.3, 0.4) is 0 Å². The van der Waals surface area contributed by atoms with Crippen LogP contribution in [0.15, 0.2) is 10.6 Å². The zero-order valence-corrected chi connectivity index (χ0v) is 8.05. The average molecular weight is 180 g/mol. The van der Waals surface area contributed by atoms with Gasteiger partial charge in [-0.3, -0.25) is 0 Å². The average Bonchev–Trinajstić information content (AvgIpc) is 2.71. The second kappa shape index (κ2) is 3.92. The number of hydrogen-bond donors (Lipinski definition) is 1. The fourth-order valence-electron chi connectivity index (χ4n) is 1.85. The van der Waals surface area contributed by atoms with Crippen LogP contribution in [0.4, 0.5) is 0 Å². The smallest absolute Gasteiger partial charge is 0.137 e. The Balaban J connectivity index is 1.78. The van der Waals surface area contributed by atoms with E-state index >= 15 is 0 Å². The van der Waals surface area contributed by atoms with E-state index in [2.05, 4.69) is 10.5 Å². The lowest BCUT2D eigenvalue weighted by Gasteiger charge is -2.06. The predicted molar refractivity (Wildman–Crippen MR) is 50.6 cm³/mol. The summed E-state index contributed by atoms with van der Waals surface area (Å²) in [5.41, 5.74) is 0.981. The van der Waals surface area contributed by atoms with Gasteiger partial charge in [0.05, 0.1) is 5.69 Å². The van der Waals surface area contributed by atoms with Crippen LogP contribution in [0.5, 0.6) is 0 Å². The van der Waals surface area contributed by atoms with Crippen molar-refractivity contribution in [1.82, 2.24) is 10.5 Å². The van der Waals surface area contributed by atoms with E-state index in [1.165, 1.54) is 25.8 Å². The van der Waals surface area contributed by atoms with Gasteiger partial charge < -0.3 is 9.84 Å². The van der Waals surface area contributed by atoms with E-state index in [1.807, 2.05) is 13.0 Å². The van der Waals surface area contributed by atoms with Crippen molar-refractivity contribution in [1.29, 1.82) is 0 Å². The summed E-state index contributed by atoms with van der Waals surface area (Å²) in [5.74, 6) is 1.02. The van der Waals surface area contributed by atoms with Crippen molar-refractivity contribution >= 4 is 0 Å². The largest absolute Gasteiger partial charge is 0.361 e. The lowest BCUT2D eigenvalue weighted by molar-refractivity contribution is 0.370. The summed E-state index contributed by atoms with van der Waals surface area (Å²) < 4.78 is 5.15. The number of nitrogens with one attached hydrogen (secondary N) is 1. The van der Waals surface area contributed by atoms with E-state index in [0.29, 0.717) is 6.04 Å². The summed E-state index contributed by atoms with van der Waals surface area (Å²) in [6.07, 6.45) is 4.82. The van der Waals surface area contributed by atoms with Crippen LogP contribution in [0.25, 0.3) is 0 Å². The van der Waals surface area contributed by atoms with Gasteiger partial charge in [0.15, 0.2) is 0 Å². The van der Waals surface area contributed by atoms with Gasteiger partial charge in [0.2, 0.25) is 0 Å². The van der Waals surface area contributed by atoms with Crippen LogP contribution in [-0.4, -0.2) is 17.7 Å². The topological polar surface area (TPSA) is 38.1 Å². The molecule has 3 nitrogen and oxygen atoms in total. The molecule has 2 rings (SSSR count). The van der Waals surface area contributed by atoms with E-state index < -0.39 is 0 Å². The van der Waals surface area contributed by atoms with Crippen molar-refractivity contribution in [2.75, 3.05) is 6.54 Å². The highest BCUT2D eigenvalue weighted by molar-refractivity contribution is 5.03. The zero-order valence-electron chi connectivity index (χ0n) is 8.05. The number of aryl methyl sites for hydroxylation is 2. The Labute approximate surface area is 78.5 Å². The third-order valence-corrected chi connectivity index (χ3v) is 2.58. The van der Waals surface area contributed by atoms with Gasteiger partial charge in [-0.2, -0.15) is 0 Å². The SMILES string of the molecule is Cc1cc(CCC2CCCN2)on1. The van der Waals surface area contributed by atoms with Gasteiger partial charge in [0.25, 0.3) is 0 Å². The third kappa shape index (κ3) is 2.31. The maximum absolute atomic E-state index is 5.15. The maximum atomic E-state index is 5.15. The molecule has 0 radical (unpaired) electrons. The lowest BCUT2D eigenvalue weighted by Crippen LogP contribution is -2.21. The molecule has 13 heavy (non-hydrogen) atoms. The summed E-state index contributed by atoms with van der Waals surface area (Å²) in [7, 11) is 0. The summed E-state index contributed by atoms with van der Waals surface area (Å²) in [6.45, 7) is 3.14. The summed E-state index contributed by atoms with van der Waals surface area (Å²) >= 11 is 0. The normalized spacial score (nSPS) is 22.4. The quantitative estimate of drug-likeness (QED) is 0.769. The first-order valence-electron chi connectivity index (χ1n) is 5.00.